The van der Waals surface area contributed by atoms with Gasteiger partial charge in [-0.15, -0.1) is 0 Å². The van der Waals surface area contributed by atoms with E-state index in [9.17, 15) is 4.39 Å². The number of halogens is 2. The summed E-state index contributed by atoms with van der Waals surface area (Å²) >= 11 is 5.69. The Labute approximate surface area is 130 Å². The first-order valence-electron chi connectivity index (χ1n) is 7.07. The monoisotopic (exact) mass is 305 g/mol. The van der Waals surface area contributed by atoms with Crippen molar-refractivity contribution in [2.45, 2.75) is 38.6 Å². The predicted octanol–water partition coefficient (Wildman–Crippen LogP) is 5.02. The summed E-state index contributed by atoms with van der Waals surface area (Å²) in [5.41, 5.74) is 9.53. The zero-order valence-corrected chi connectivity index (χ0v) is 13.4. The van der Waals surface area contributed by atoms with Crippen molar-refractivity contribution in [3.8, 4) is 0 Å². The second-order valence-electron chi connectivity index (χ2n) is 6.43. The fraction of sp³-hybridized carbons (Fsp3) is 0.333. The summed E-state index contributed by atoms with van der Waals surface area (Å²) in [6, 6.07) is 13.0. The molecule has 0 saturated heterocycles. The highest BCUT2D eigenvalue weighted by molar-refractivity contribution is 6.30. The molecular weight excluding hydrogens is 285 g/mol. The van der Waals surface area contributed by atoms with E-state index in [2.05, 4.69) is 45.0 Å². The molecule has 112 valence electrons. The number of benzene rings is 2. The van der Waals surface area contributed by atoms with Crippen molar-refractivity contribution in [2.24, 2.45) is 5.73 Å². The molecule has 0 fully saturated rings. The van der Waals surface area contributed by atoms with Gasteiger partial charge in [0.1, 0.15) is 5.82 Å². The molecule has 1 nitrogen and oxygen atoms in total. The van der Waals surface area contributed by atoms with Crippen LogP contribution in [0.4, 0.5) is 4.39 Å². The molecule has 0 heterocycles. The summed E-state index contributed by atoms with van der Waals surface area (Å²) < 4.78 is 13.4. The molecule has 0 aliphatic rings. The molecule has 0 spiro atoms. The first-order chi connectivity index (χ1) is 9.77. The summed E-state index contributed by atoms with van der Waals surface area (Å²) in [5.74, 6) is -0.399. The molecular formula is C18H21ClFN. The zero-order chi connectivity index (χ0) is 15.6. The van der Waals surface area contributed by atoms with Crippen molar-refractivity contribution < 1.29 is 4.39 Å². The standard InChI is InChI=1S/C18H21ClFN/c1-18(2,3)14-7-5-13(6-8-14)17(21)11-12-4-9-15(19)16(20)10-12/h4-10,17H,11,21H2,1-3H3. The lowest BCUT2D eigenvalue weighted by Crippen LogP contribution is -2.15. The van der Waals surface area contributed by atoms with Gasteiger partial charge in [0.15, 0.2) is 0 Å². The van der Waals surface area contributed by atoms with Gasteiger partial charge < -0.3 is 5.73 Å². The van der Waals surface area contributed by atoms with Crippen LogP contribution in [0.15, 0.2) is 42.5 Å². The Morgan fingerprint density at radius 1 is 1.10 bits per heavy atom. The topological polar surface area (TPSA) is 26.0 Å². The maximum absolute atomic E-state index is 13.4. The molecule has 2 aromatic carbocycles. The highest BCUT2D eigenvalue weighted by Crippen LogP contribution is 2.25. The largest absolute Gasteiger partial charge is 0.324 e. The van der Waals surface area contributed by atoms with E-state index < -0.39 is 5.82 Å². The summed E-state index contributed by atoms with van der Waals surface area (Å²) in [7, 11) is 0. The summed E-state index contributed by atoms with van der Waals surface area (Å²) in [6.45, 7) is 6.54. The third-order valence-electron chi connectivity index (χ3n) is 3.64. The van der Waals surface area contributed by atoms with E-state index in [4.69, 9.17) is 17.3 Å². The molecule has 2 aromatic rings. The van der Waals surface area contributed by atoms with Crippen molar-refractivity contribution in [3.63, 3.8) is 0 Å². The molecule has 3 heteroatoms. The molecule has 0 radical (unpaired) electrons. The minimum Gasteiger partial charge on any atom is -0.324 e. The average molecular weight is 306 g/mol. The minimum absolute atomic E-state index is 0.127. The molecule has 0 aliphatic heterocycles. The maximum Gasteiger partial charge on any atom is 0.142 e. The van der Waals surface area contributed by atoms with Crippen LogP contribution in [0.5, 0.6) is 0 Å². The van der Waals surface area contributed by atoms with Crippen LogP contribution < -0.4 is 5.73 Å². The van der Waals surface area contributed by atoms with Gasteiger partial charge in [-0.25, -0.2) is 4.39 Å². The number of nitrogens with two attached hydrogens (primary N) is 1. The molecule has 0 amide bonds. The van der Waals surface area contributed by atoms with E-state index in [1.165, 1.54) is 11.6 Å². The Balaban J connectivity index is 2.13. The molecule has 0 saturated carbocycles. The van der Waals surface area contributed by atoms with E-state index in [1.54, 1.807) is 6.07 Å². The van der Waals surface area contributed by atoms with Gasteiger partial charge in [-0.1, -0.05) is 62.7 Å². The second kappa shape index (κ2) is 6.17. The van der Waals surface area contributed by atoms with Gasteiger partial charge in [-0.2, -0.15) is 0 Å². The highest BCUT2D eigenvalue weighted by atomic mass is 35.5. The Kier molecular flexibility index (Phi) is 4.70. The van der Waals surface area contributed by atoms with E-state index in [1.807, 2.05) is 6.07 Å². The molecule has 2 rings (SSSR count). The third-order valence-corrected chi connectivity index (χ3v) is 3.95. The first kappa shape index (κ1) is 16.0. The Morgan fingerprint density at radius 3 is 2.24 bits per heavy atom. The van der Waals surface area contributed by atoms with Gasteiger partial charge in [0, 0.05) is 6.04 Å². The van der Waals surface area contributed by atoms with Gasteiger partial charge in [0.05, 0.1) is 5.02 Å². The first-order valence-corrected chi connectivity index (χ1v) is 7.45. The van der Waals surface area contributed by atoms with Crippen LogP contribution in [0.1, 0.15) is 43.5 Å². The van der Waals surface area contributed by atoms with Crippen LogP contribution >= 0.6 is 11.6 Å². The van der Waals surface area contributed by atoms with Gasteiger partial charge in [-0.3, -0.25) is 0 Å². The van der Waals surface area contributed by atoms with Gasteiger partial charge in [-0.05, 0) is 40.7 Å². The second-order valence-corrected chi connectivity index (χ2v) is 6.84. The van der Waals surface area contributed by atoms with Gasteiger partial charge in [0.25, 0.3) is 0 Å². The number of hydrogen-bond acceptors (Lipinski definition) is 1. The Morgan fingerprint density at radius 2 is 1.71 bits per heavy atom. The Hall–Kier alpha value is -1.38. The molecule has 2 N–H and O–H groups in total. The number of rotatable bonds is 3. The van der Waals surface area contributed by atoms with E-state index in [0.29, 0.717) is 6.42 Å². The Bertz CT molecular complexity index is 614. The van der Waals surface area contributed by atoms with E-state index >= 15 is 0 Å². The number of hydrogen-bond donors (Lipinski definition) is 1. The van der Waals surface area contributed by atoms with Crippen LogP contribution in [-0.4, -0.2) is 0 Å². The molecule has 21 heavy (non-hydrogen) atoms. The maximum atomic E-state index is 13.4. The fourth-order valence-corrected chi connectivity index (χ4v) is 2.39. The summed E-state index contributed by atoms with van der Waals surface area (Å²) in [4.78, 5) is 0. The lowest BCUT2D eigenvalue weighted by atomic mass is 9.86. The SMILES string of the molecule is CC(C)(C)c1ccc(C(N)Cc2ccc(Cl)c(F)c2)cc1. The van der Waals surface area contributed by atoms with Crippen molar-refractivity contribution in [2.75, 3.05) is 0 Å². The smallest absolute Gasteiger partial charge is 0.142 e. The van der Waals surface area contributed by atoms with Gasteiger partial charge in [0.2, 0.25) is 0 Å². The van der Waals surface area contributed by atoms with Crippen molar-refractivity contribution in [3.05, 3.63) is 70.0 Å². The zero-order valence-electron chi connectivity index (χ0n) is 12.7. The molecule has 0 aliphatic carbocycles. The van der Waals surface area contributed by atoms with Crippen molar-refractivity contribution in [1.29, 1.82) is 0 Å². The van der Waals surface area contributed by atoms with Crippen LogP contribution in [0.3, 0.4) is 0 Å². The lowest BCUT2D eigenvalue weighted by Gasteiger charge is -2.20. The minimum atomic E-state index is -0.399. The van der Waals surface area contributed by atoms with Gasteiger partial charge >= 0.3 is 0 Å². The molecule has 0 aromatic heterocycles. The molecule has 1 unspecified atom stereocenters. The average Bonchev–Trinajstić information content (AvgIpc) is 2.42. The highest BCUT2D eigenvalue weighted by Gasteiger charge is 2.14. The predicted molar refractivity (Wildman–Crippen MR) is 87.2 cm³/mol. The third kappa shape index (κ3) is 4.05. The summed E-state index contributed by atoms with van der Waals surface area (Å²) in [6.07, 6.45) is 0.586. The quantitative estimate of drug-likeness (QED) is 0.846. The molecule has 0 bridgehead atoms. The van der Waals surface area contributed by atoms with Crippen LogP contribution in [-0.2, 0) is 11.8 Å². The lowest BCUT2D eigenvalue weighted by molar-refractivity contribution is 0.589. The van der Waals surface area contributed by atoms with E-state index in [0.717, 1.165) is 11.1 Å². The normalized spacial score (nSPS) is 13.2. The van der Waals surface area contributed by atoms with Crippen molar-refractivity contribution >= 4 is 11.6 Å². The van der Waals surface area contributed by atoms with Crippen LogP contribution in [0, 0.1) is 5.82 Å². The van der Waals surface area contributed by atoms with Crippen molar-refractivity contribution in [1.82, 2.24) is 0 Å². The van der Waals surface area contributed by atoms with E-state index in [-0.39, 0.29) is 16.5 Å². The fourth-order valence-electron chi connectivity index (χ4n) is 2.27. The van der Waals surface area contributed by atoms with Crippen LogP contribution in [0.2, 0.25) is 5.02 Å². The van der Waals surface area contributed by atoms with Crippen LogP contribution in [0.25, 0.3) is 0 Å². The summed E-state index contributed by atoms with van der Waals surface area (Å²) in [5, 5.41) is 0.141. The molecule has 1 atom stereocenters.